The number of hydrogen-bond donors (Lipinski definition) is 2. The Morgan fingerprint density at radius 2 is 2.00 bits per heavy atom. The minimum atomic E-state index is 0.0408. The van der Waals surface area contributed by atoms with E-state index in [0.717, 1.165) is 0 Å². The Morgan fingerprint density at radius 1 is 1.47 bits per heavy atom. The van der Waals surface area contributed by atoms with Gasteiger partial charge in [-0.05, 0) is 19.4 Å². The first-order chi connectivity index (χ1) is 6.79. The molecule has 0 aliphatic carbocycles. The molecule has 1 atom stereocenters. The van der Waals surface area contributed by atoms with E-state index in [0.29, 0.717) is 25.7 Å². The fourth-order valence-electron chi connectivity index (χ4n) is 1.29. The standard InChI is InChI=1S/C11H25N3O/c1-9(11(2,3)4)14(5)8-10(15)13-7-6-12/h9H,6-8,12H2,1-5H3,(H,13,15). The zero-order valence-electron chi connectivity index (χ0n) is 10.6. The Hall–Kier alpha value is -0.610. The summed E-state index contributed by atoms with van der Waals surface area (Å²) in [6.07, 6.45) is 0. The predicted molar refractivity (Wildman–Crippen MR) is 63.6 cm³/mol. The summed E-state index contributed by atoms with van der Waals surface area (Å²) >= 11 is 0. The lowest BCUT2D eigenvalue weighted by molar-refractivity contribution is -0.122. The largest absolute Gasteiger partial charge is 0.354 e. The van der Waals surface area contributed by atoms with Gasteiger partial charge in [0, 0.05) is 19.1 Å². The van der Waals surface area contributed by atoms with Crippen LogP contribution in [0.4, 0.5) is 0 Å². The molecule has 0 heterocycles. The van der Waals surface area contributed by atoms with Crippen molar-refractivity contribution >= 4 is 5.91 Å². The van der Waals surface area contributed by atoms with Crippen molar-refractivity contribution in [3.63, 3.8) is 0 Å². The normalized spacial score (nSPS) is 14.1. The minimum Gasteiger partial charge on any atom is -0.354 e. The van der Waals surface area contributed by atoms with Crippen LogP contribution in [0.2, 0.25) is 0 Å². The van der Waals surface area contributed by atoms with E-state index in [1.807, 2.05) is 7.05 Å². The maximum atomic E-state index is 11.4. The van der Waals surface area contributed by atoms with Gasteiger partial charge in [0.25, 0.3) is 0 Å². The SMILES string of the molecule is CC(N(C)CC(=O)NCCN)C(C)(C)C. The second kappa shape index (κ2) is 6.08. The molecule has 1 unspecified atom stereocenters. The highest BCUT2D eigenvalue weighted by atomic mass is 16.2. The number of carbonyl (C=O) groups excluding carboxylic acids is 1. The maximum Gasteiger partial charge on any atom is 0.234 e. The lowest BCUT2D eigenvalue weighted by Crippen LogP contribution is -2.45. The zero-order chi connectivity index (χ0) is 12.1. The first-order valence-corrected chi connectivity index (χ1v) is 5.46. The molecule has 90 valence electrons. The number of amides is 1. The van der Waals surface area contributed by atoms with Crippen molar-refractivity contribution in [2.24, 2.45) is 11.1 Å². The summed E-state index contributed by atoms with van der Waals surface area (Å²) in [5.41, 5.74) is 5.49. The summed E-state index contributed by atoms with van der Waals surface area (Å²) in [7, 11) is 1.97. The molecular formula is C11H25N3O. The summed E-state index contributed by atoms with van der Waals surface area (Å²) in [6.45, 7) is 10.1. The molecular weight excluding hydrogens is 190 g/mol. The van der Waals surface area contributed by atoms with Crippen LogP contribution in [0.1, 0.15) is 27.7 Å². The van der Waals surface area contributed by atoms with Crippen LogP contribution in [-0.4, -0.2) is 43.5 Å². The number of carbonyl (C=O) groups is 1. The van der Waals surface area contributed by atoms with E-state index in [9.17, 15) is 4.79 Å². The number of nitrogens with one attached hydrogen (secondary N) is 1. The fraction of sp³-hybridized carbons (Fsp3) is 0.909. The van der Waals surface area contributed by atoms with Crippen molar-refractivity contribution in [1.29, 1.82) is 0 Å². The lowest BCUT2D eigenvalue weighted by Gasteiger charge is -2.34. The summed E-state index contributed by atoms with van der Waals surface area (Å²) in [6, 6.07) is 0.362. The van der Waals surface area contributed by atoms with Gasteiger partial charge < -0.3 is 11.1 Å². The average molecular weight is 215 g/mol. The number of hydrogen-bond acceptors (Lipinski definition) is 3. The Labute approximate surface area is 93.2 Å². The van der Waals surface area contributed by atoms with Crippen molar-refractivity contribution in [3.05, 3.63) is 0 Å². The fourth-order valence-corrected chi connectivity index (χ4v) is 1.29. The second-order valence-corrected chi connectivity index (χ2v) is 5.10. The molecule has 3 N–H and O–H groups in total. The Bertz CT molecular complexity index is 198. The highest BCUT2D eigenvalue weighted by molar-refractivity contribution is 5.77. The molecule has 0 aromatic carbocycles. The van der Waals surface area contributed by atoms with Crippen molar-refractivity contribution in [2.75, 3.05) is 26.7 Å². The molecule has 0 aliphatic rings. The summed E-state index contributed by atoms with van der Waals surface area (Å²) in [5.74, 6) is 0.0408. The van der Waals surface area contributed by atoms with Gasteiger partial charge in [0.15, 0.2) is 0 Å². The van der Waals surface area contributed by atoms with Crippen LogP contribution >= 0.6 is 0 Å². The number of nitrogens with zero attached hydrogens (tertiary/aromatic N) is 1. The van der Waals surface area contributed by atoms with Gasteiger partial charge in [-0.25, -0.2) is 0 Å². The van der Waals surface area contributed by atoms with Crippen LogP contribution in [0.25, 0.3) is 0 Å². The monoisotopic (exact) mass is 215 g/mol. The quantitative estimate of drug-likeness (QED) is 0.699. The summed E-state index contributed by atoms with van der Waals surface area (Å²) < 4.78 is 0. The van der Waals surface area contributed by atoms with Gasteiger partial charge >= 0.3 is 0 Å². The van der Waals surface area contributed by atoms with Gasteiger partial charge in [0.2, 0.25) is 5.91 Å². The van der Waals surface area contributed by atoms with Gasteiger partial charge in [-0.1, -0.05) is 20.8 Å². The van der Waals surface area contributed by atoms with E-state index < -0.39 is 0 Å². The van der Waals surface area contributed by atoms with Crippen LogP contribution < -0.4 is 11.1 Å². The predicted octanol–water partition coefficient (Wildman–Crippen LogP) is 0.428. The smallest absolute Gasteiger partial charge is 0.234 e. The molecule has 0 bridgehead atoms. The number of rotatable bonds is 5. The Morgan fingerprint density at radius 3 is 2.40 bits per heavy atom. The third kappa shape index (κ3) is 5.74. The molecule has 0 saturated heterocycles. The molecule has 4 heteroatoms. The van der Waals surface area contributed by atoms with Crippen LogP contribution in [0.5, 0.6) is 0 Å². The van der Waals surface area contributed by atoms with Crippen LogP contribution in [0, 0.1) is 5.41 Å². The van der Waals surface area contributed by atoms with Gasteiger partial charge in [-0.3, -0.25) is 9.69 Å². The molecule has 0 spiro atoms. The maximum absolute atomic E-state index is 11.4. The van der Waals surface area contributed by atoms with E-state index >= 15 is 0 Å². The van der Waals surface area contributed by atoms with Gasteiger partial charge in [-0.2, -0.15) is 0 Å². The third-order valence-electron chi connectivity index (χ3n) is 2.77. The summed E-state index contributed by atoms with van der Waals surface area (Å²) in [5, 5.41) is 2.76. The average Bonchev–Trinajstić information content (AvgIpc) is 2.11. The minimum absolute atomic E-state index is 0.0408. The van der Waals surface area contributed by atoms with Crippen molar-refractivity contribution < 1.29 is 4.79 Å². The van der Waals surface area contributed by atoms with Crippen molar-refractivity contribution in [2.45, 2.75) is 33.7 Å². The lowest BCUT2D eigenvalue weighted by atomic mass is 9.87. The highest BCUT2D eigenvalue weighted by Gasteiger charge is 2.24. The van der Waals surface area contributed by atoms with Gasteiger partial charge in [0.05, 0.1) is 6.54 Å². The molecule has 0 fully saturated rings. The van der Waals surface area contributed by atoms with E-state index in [1.54, 1.807) is 0 Å². The highest BCUT2D eigenvalue weighted by Crippen LogP contribution is 2.22. The molecule has 0 radical (unpaired) electrons. The van der Waals surface area contributed by atoms with Gasteiger partial charge in [0.1, 0.15) is 0 Å². The van der Waals surface area contributed by atoms with E-state index in [2.05, 4.69) is 37.9 Å². The molecule has 0 aromatic heterocycles. The van der Waals surface area contributed by atoms with E-state index in [4.69, 9.17) is 5.73 Å². The zero-order valence-corrected chi connectivity index (χ0v) is 10.6. The third-order valence-corrected chi connectivity index (χ3v) is 2.77. The number of likely N-dealkylation sites (N-methyl/N-ethyl adjacent to an activating group) is 1. The molecule has 0 rings (SSSR count). The summed E-state index contributed by atoms with van der Waals surface area (Å²) in [4.78, 5) is 13.5. The van der Waals surface area contributed by atoms with E-state index in [1.165, 1.54) is 0 Å². The first kappa shape index (κ1) is 14.4. The van der Waals surface area contributed by atoms with Crippen molar-refractivity contribution in [3.8, 4) is 0 Å². The molecule has 1 amide bonds. The topological polar surface area (TPSA) is 58.4 Å². The first-order valence-electron chi connectivity index (χ1n) is 5.46. The van der Waals surface area contributed by atoms with E-state index in [-0.39, 0.29) is 11.3 Å². The molecule has 0 saturated carbocycles. The Kier molecular flexibility index (Phi) is 5.83. The second-order valence-electron chi connectivity index (χ2n) is 5.10. The van der Waals surface area contributed by atoms with Crippen LogP contribution in [0.15, 0.2) is 0 Å². The number of nitrogens with two attached hydrogens (primary N) is 1. The van der Waals surface area contributed by atoms with Crippen LogP contribution in [0.3, 0.4) is 0 Å². The van der Waals surface area contributed by atoms with Crippen LogP contribution in [-0.2, 0) is 4.79 Å². The Balaban J connectivity index is 4.02. The molecule has 15 heavy (non-hydrogen) atoms. The van der Waals surface area contributed by atoms with Gasteiger partial charge in [-0.15, -0.1) is 0 Å². The van der Waals surface area contributed by atoms with Crippen molar-refractivity contribution in [1.82, 2.24) is 10.2 Å². The molecule has 0 aliphatic heterocycles. The molecule has 0 aromatic rings. The molecule has 4 nitrogen and oxygen atoms in total.